The van der Waals surface area contributed by atoms with E-state index in [4.69, 9.17) is 0 Å². The Kier molecular flexibility index (Phi) is 5.74. The molecule has 0 bridgehead atoms. The fourth-order valence-electron chi connectivity index (χ4n) is 3.88. The third-order valence-corrected chi connectivity index (χ3v) is 5.32. The average Bonchev–Trinajstić information content (AvgIpc) is 2.62. The third kappa shape index (κ3) is 3.81. The van der Waals surface area contributed by atoms with Crippen LogP contribution in [0.1, 0.15) is 32.3 Å². The van der Waals surface area contributed by atoms with Crippen LogP contribution in [0.2, 0.25) is 0 Å². The fraction of sp³-hybridized carbons (Fsp3) is 0.409. The topological polar surface area (TPSA) is 52.6 Å². The van der Waals surface area contributed by atoms with Gasteiger partial charge in [0.2, 0.25) is 5.91 Å². The van der Waals surface area contributed by atoms with Gasteiger partial charge in [-0.25, -0.2) is 0 Å². The maximum Gasteiger partial charge on any atom is 0.219 e. The van der Waals surface area contributed by atoms with E-state index in [0.717, 1.165) is 0 Å². The van der Waals surface area contributed by atoms with Crippen molar-refractivity contribution in [2.45, 2.75) is 44.8 Å². The summed E-state index contributed by atoms with van der Waals surface area (Å²) in [6.45, 7) is 6.45. The van der Waals surface area contributed by atoms with Crippen molar-refractivity contribution in [2.24, 2.45) is 0 Å². The van der Waals surface area contributed by atoms with Gasteiger partial charge in [0.1, 0.15) is 0 Å². The second-order valence-corrected chi connectivity index (χ2v) is 7.34. The van der Waals surface area contributed by atoms with Crippen LogP contribution in [0.5, 0.6) is 0 Å². The highest BCUT2D eigenvalue weighted by Gasteiger charge is 2.42. The van der Waals surface area contributed by atoms with E-state index in [0.29, 0.717) is 6.54 Å². The van der Waals surface area contributed by atoms with Gasteiger partial charge in [-0.1, -0.05) is 54.6 Å². The molecule has 0 unspecified atom stereocenters. The first-order chi connectivity index (χ1) is 12.5. The van der Waals surface area contributed by atoms with Crippen LogP contribution >= 0.6 is 0 Å². The van der Waals surface area contributed by atoms with Crippen molar-refractivity contribution in [3.8, 4) is 11.1 Å². The number of hydrogen-bond donors (Lipinski definition) is 2. The smallest absolute Gasteiger partial charge is 0.219 e. The number of carbonyl (C=O) groups is 1. The van der Waals surface area contributed by atoms with E-state index in [9.17, 15) is 9.90 Å². The van der Waals surface area contributed by atoms with Gasteiger partial charge in [-0.2, -0.15) is 0 Å². The zero-order chi connectivity index (χ0) is 18.7. The van der Waals surface area contributed by atoms with Crippen LogP contribution in [-0.2, 0) is 4.79 Å². The Hall–Kier alpha value is -2.17. The van der Waals surface area contributed by atoms with Gasteiger partial charge in [-0.05, 0) is 30.5 Å². The highest BCUT2D eigenvalue weighted by Crippen LogP contribution is 2.34. The van der Waals surface area contributed by atoms with Crippen molar-refractivity contribution in [3.05, 3.63) is 60.2 Å². The first-order valence-corrected chi connectivity index (χ1v) is 9.30. The Morgan fingerprint density at radius 1 is 1.04 bits per heavy atom. The number of carbonyl (C=O) groups excluding carboxylic acids is 1. The highest BCUT2D eigenvalue weighted by molar-refractivity contribution is 5.73. The van der Waals surface area contributed by atoms with Crippen molar-refractivity contribution in [2.75, 3.05) is 13.2 Å². The molecule has 1 heterocycles. The Morgan fingerprint density at radius 2 is 1.65 bits per heavy atom. The molecule has 2 N–H and O–H groups in total. The molecule has 2 aromatic carbocycles. The van der Waals surface area contributed by atoms with Crippen LogP contribution in [0.3, 0.4) is 0 Å². The molecule has 0 saturated carbocycles. The van der Waals surface area contributed by atoms with E-state index in [1.165, 1.54) is 16.7 Å². The van der Waals surface area contributed by atoms with Crippen molar-refractivity contribution in [1.82, 2.24) is 10.2 Å². The lowest BCUT2D eigenvalue weighted by atomic mass is 9.77. The minimum absolute atomic E-state index is 0.0449. The number of nitrogens with one attached hydrogen (secondary N) is 1. The van der Waals surface area contributed by atoms with E-state index in [2.05, 4.69) is 41.7 Å². The lowest BCUT2D eigenvalue weighted by Gasteiger charge is -2.48. The van der Waals surface area contributed by atoms with E-state index >= 15 is 0 Å². The lowest BCUT2D eigenvalue weighted by molar-refractivity contribution is -0.131. The predicted molar refractivity (Wildman–Crippen MR) is 105 cm³/mol. The summed E-state index contributed by atoms with van der Waals surface area (Å²) in [4.78, 5) is 13.8. The maximum absolute atomic E-state index is 11.9. The summed E-state index contributed by atoms with van der Waals surface area (Å²) in [5, 5.41) is 13.1. The lowest BCUT2D eigenvalue weighted by Crippen LogP contribution is -2.65. The van der Waals surface area contributed by atoms with Crippen LogP contribution in [0.25, 0.3) is 11.1 Å². The first kappa shape index (κ1) is 18.6. The fourth-order valence-corrected chi connectivity index (χ4v) is 3.88. The minimum Gasteiger partial charge on any atom is -0.395 e. The number of benzene rings is 2. The first-order valence-electron chi connectivity index (χ1n) is 9.30. The van der Waals surface area contributed by atoms with Gasteiger partial charge in [-0.3, -0.25) is 4.79 Å². The molecule has 0 aliphatic carbocycles. The Bertz CT molecular complexity index is 728. The molecule has 1 amide bonds. The molecular formula is C22H28N2O2. The second-order valence-electron chi connectivity index (χ2n) is 7.34. The summed E-state index contributed by atoms with van der Waals surface area (Å²) in [6.07, 6.45) is 0. The standard InChI is InChI=1S/C22H28N2O2/c1-15(2)24(16(3)26)13-20-22(21(14-25)23-20)19-11-9-18(10-12-19)17-7-5-4-6-8-17/h4-12,15,20-23,25H,13-14H2,1-3H3/t20-,21-,22+/m0/s1. The third-order valence-electron chi connectivity index (χ3n) is 5.32. The zero-order valence-corrected chi connectivity index (χ0v) is 15.7. The number of aliphatic hydroxyl groups excluding tert-OH is 1. The quantitative estimate of drug-likeness (QED) is 0.840. The van der Waals surface area contributed by atoms with Crippen molar-refractivity contribution in [1.29, 1.82) is 0 Å². The molecular weight excluding hydrogens is 324 g/mol. The average molecular weight is 352 g/mol. The molecule has 138 valence electrons. The molecule has 3 atom stereocenters. The molecule has 4 heteroatoms. The number of nitrogens with zero attached hydrogens (tertiary/aromatic N) is 1. The van der Waals surface area contributed by atoms with Crippen molar-refractivity contribution < 1.29 is 9.90 Å². The molecule has 1 aliphatic heterocycles. The van der Waals surface area contributed by atoms with E-state index in [-0.39, 0.29) is 36.6 Å². The van der Waals surface area contributed by atoms with E-state index in [1.807, 2.05) is 36.9 Å². The number of hydrogen-bond acceptors (Lipinski definition) is 3. The van der Waals surface area contributed by atoms with Gasteiger partial charge in [0.15, 0.2) is 0 Å². The Morgan fingerprint density at radius 3 is 2.19 bits per heavy atom. The zero-order valence-electron chi connectivity index (χ0n) is 15.7. The van der Waals surface area contributed by atoms with Crippen LogP contribution in [0, 0.1) is 0 Å². The van der Waals surface area contributed by atoms with Crippen LogP contribution in [0.4, 0.5) is 0 Å². The molecule has 0 spiro atoms. The molecule has 1 aliphatic rings. The van der Waals surface area contributed by atoms with Crippen LogP contribution < -0.4 is 5.32 Å². The monoisotopic (exact) mass is 352 g/mol. The second kappa shape index (κ2) is 8.02. The maximum atomic E-state index is 11.9. The summed E-state index contributed by atoms with van der Waals surface area (Å²) in [5.74, 6) is 0.304. The summed E-state index contributed by atoms with van der Waals surface area (Å²) >= 11 is 0. The van der Waals surface area contributed by atoms with Crippen LogP contribution in [-0.4, -0.2) is 47.2 Å². The Balaban J connectivity index is 1.77. The number of amides is 1. The molecule has 0 aromatic heterocycles. The predicted octanol–water partition coefficient (Wildman–Crippen LogP) is 3.03. The molecule has 1 fully saturated rings. The van der Waals surface area contributed by atoms with Crippen molar-refractivity contribution in [3.63, 3.8) is 0 Å². The van der Waals surface area contributed by atoms with Gasteiger partial charge >= 0.3 is 0 Å². The largest absolute Gasteiger partial charge is 0.395 e. The SMILES string of the molecule is CC(=O)N(C[C@@H]1N[C@@H](CO)[C@@H]1c1ccc(-c2ccccc2)cc1)C(C)C. The highest BCUT2D eigenvalue weighted by atomic mass is 16.3. The normalized spacial score (nSPS) is 22.1. The number of aliphatic hydroxyl groups is 1. The molecule has 1 saturated heterocycles. The molecule has 2 aromatic rings. The van der Waals surface area contributed by atoms with Crippen LogP contribution in [0.15, 0.2) is 54.6 Å². The Labute approximate surface area is 155 Å². The van der Waals surface area contributed by atoms with Gasteiger partial charge in [0.25, 0.3) is 0 Å². The molecule has 0 radical (unpaired) electrons. The van der Waals surface area contributed by atoms with Gasteiger partial charge in [-0.15, -0.1) is 0 Å². The van der Waals surface area contributed by atoms with Gasteiger partial charge in [0, 0.05) is 37.5 Å². The summed E-state index contributed by atoms with van der Waals surface area (Å²) in [5.41, 5.74) is 3.59. The number of rotatable bonds is 6. The van der Waals surface area contributed by atoms with E-state index < -0.39 is 0 Å². The van der Waals surface area contributed by atoms with E-state index in [1.54, 1.807) is 6.92 Å². The molecule has 26 heavy (non-hydrogen) atoms. The minimum atomic E-state index is 0.0449. The van der Waals surface area contributed by atoms with Gasteiger partial charge in [0.05, 0.1) is 6.61 Å². The van der Waals surface area contributed by atoms with Gasteiger partial charge < -0.3 is 15.3 Å². The summed E-state index contributed by atoms with van der Waals surface area (Å²) < 4.78 is 0. The molecule has 4 nitrogen and oxygen atoms in total. The molecule has 3 rings (SSSR count). The van der Waals surface area contributed by atoms with Crippen molar-refractivity contribution >= 4 is 5.91 Å². The summed E-state index contributed by atoms with van der Waals surface area (Å²) in [6, 6.07) is 19.3. The summed E-state index contributed by atoms with van der Waals surface area (Å²) in [7, 11) is 0.